The van der Waals surface area contributed by atoms with E-state index in [2.05, 4.69) is 10.3 Å². The second-order valence-corrected chi connectivity index (χ2v) is 8.42. The molecule has 0 aliphatic carbocycles. The van der Waals surface area contributed by atoms with Crippen LogP contribution in [0.3, 0.4) is 0 Å². The number of nitrogens with one attached hydrogen (secondary N) is 2. The minimum Gasteiger partial charge on any atom is -0.356 e. The molecule has 1 aliphatic rings. The Morgan fingerprint density at radius 1 is 1.25 bits per heavy atom. The molecular weight excluding hydrogens is 350 g/mol. The van der Waals surface area contributed by atoms with Crippen LogP contribution < -0.4 is 10.7 Å². The van der Waals surface area contributed by atoms with E-state index in [9.17, 15) is 13.2 Å². The van der Waals surface area contributed by atoms with Crippen molar-refractivity contribution in [3.05, 3.63) is 45.2 Å². The number of fused-ring (bicyclic) bond motifs is 1. The number of halogens is 1. The van der Waals surface area contributed by atoms with Crippen LogP contribution in [0.25, 0.3) is 10.9 Å². The summed E-state index contributed by atoms with van der Waals surface area (Å²) in [5.74, 6) is 0.0611. The Kier molecular flexibility index (Phi) is 5.24. The van der Waals surface area contributed by atoms with Gasteiger partial charge in [0, 0.05) is 43.3 Å². The van der Waals surface area contributed by atoms with E-state index in [4.69, 9.17) is 11.6 Å². The minimum atomic E-state index is -3.19. The highest BCUT2D eigenvalue weighted by molar-refractivity contribution is 7.89. The molecule has 0 bridgehead atoms. The molecule has 0 spiro atoms. The number of nitrogens with zero attached hydrogens (tertiary/aromatic N) is 1. The van der Waals surface area contributed by atoms with Gasteiger partial charge < -0.3 is 10.3 Å². The molecule has 24 heavy (non-hydrogen) atoms. The number of para-hydroxylation sites is 1. The van der Waals surface area contributed by atoms with Crippen LogP contribution in [0.2, 0.25) is 5.02 Å². The molecule has 0 saturated carbocycles. The Bertz CT molecular complexity index is 889. The number of aromatic amines is 1. The number of sulfonamides is 1. The summed E-state index contributed by atoms with van der Waals surface area (Å²) in [7, 11) is -3.19. The third-order valence-electron chi connectivity index (χ3n) is 4.18. The van der Waals surface area contributed by atoms with Gasteiger partial charge in [0.25, 0.3) is 0 Å². The van der Waals surface area contributed by atoms with E-state index in [1.807, 2.05) is 0 Å². The maximum Gasteiger partial charge on any atom is 0.215 e. The molecule has 0 radical (unpaired) electrons. The van der Waals surface area contributed by atoms with Crippen LogP contribution in [0.4, 0.5) is 0 Å². The lowest BCUT2D eigenvalue weighted by molar-refractivity contribution is 0.475. The molecular formula is C16H20ClN3O3S. The summed E-state index contributed by atoms with van der Waals surface area (Å²) < 4.78 is 25.8. The predicted molar refractivity (Wildman–Crippen MR) is 95.9 cm³/mol. The molecule has 130 valence electrons. The monoisotopic (exact) mass is 369 g/mol. The summed E-state index contributed by atoms with van der Waals surface area (Å²) in [6, 6.07) is 6.70. The number of hydrogen-bond acceptors (Lipinski definition) is 4. The minimum absolute atomic E-state index is 0.0611. The van der Waals surface area contributed by atoms with Crippen molar-refractivity contribution >= 4 is 32.5 Å². The molecule has 1 aromatic heterocycles. The van der Waals surface area contributed by atoms with Gasteiger partial charge in [0.1, 0.15) is 0 Å². The lowest BCUT2D eigenvalue weighted by Crippen LogP contribution is -2.34. The van der Waals surface area contributed by atoms with Crippen molar-refractivity contribution in [3.63, 3.8) is 0 Å². The Labute approximate surface area is 145 Å². The Morgan fingerprint density at radius 2 is 2.00 bits per heavy atom. The zero-order chi connectivity index (χ0) is 17.2. The highest BCUT2D eigenvalue weighted by Crippen LogP contribution is 2.19. The molecule has 0 atom stereocenters. The molecule has 1 saturated heterocycles. The quantitative estimate of drug-likeness (QED) is 0.759. The van der Waals surface area contributed by atoms with E-state index in [-0.39, 0.29) is 11.2 Å². The van der Waals surface area contributed by atoms with Gasteiger partial charge in [-0.25, -0.2) is 12.7 Å². The number of pyridine rings is 1. The number of hydrogen-bond donors (Lipinski definition) is 2. The second-order valence-electron chi connectivity index (χ2n) is 5.92. The molecule has 0 amide bonds. The van der Waals surface area contributed by atoms with Crippen molar-refractivity contribution in [1.29, 1.82) is 0 Å². The zero-order valence-electron chi connectivity index (χ0n) is 13.2. The molecule has 2 heterocycles. The average Bonchev–Trinajstić information content (AvgIpc) is 3.08. The largest absolute Gasteiger partial charge is 0.356 e. The maximum atomic E-state index is 12.1. The van der Waals surface area contributed by atoms with Gasteiger partial charge in [0.2, 0.25) is 10.0 Å². The first-order valence-corrected chi connectivity index (χ1v) is 9.95. The van der Waals surface area contributed by atoms with Gasteiger partial charge in [-0.05, 0) is 25.0 Å². The SMILES string of the molecule is O=c1cc(CNCCS(=O)(=O)N2CCCC2)[nH]c2c(Cl)cccc12. The van der Waals surface area contributed by atoms with Gasteiger partial charge in [-0.1, -0.05) is 17.7 Å². The van der Waals surface area contributed by atoms with E-state index in [1.165, 1.54) is 6.07 Å². The highest BCUT2D eigenvalue weighted by atomic mass is 35.5. The Balaban J connectivity index is 1.62. The molecule has 8 heteroatoms. The van der Waals surface area contributed by atoms with E-state index >= 15 is 0 Å². The van der Waals surface area contributed by atoms with Crippen molar-refractivity contribution in [2.24, 2.45) is 0 Å². The standard InChI is InChI=1S/C16H20ClN3O3S/c17-14-5-3-4-13-15(21)10-12(19-16(13)14)11-18-6-9-24(22,23)20-7-1-2-8-20/h3-5,10,18H,1-2,6-9,11H2,(H,19,21). The Hall–Kier alpha value is -1.41. The number of aromatic nitrogens is 1. The Morgan fingerprint density at radius 3 is 2.75 bits per heavy atom. The normalized spacial score (nSPS) is 16.0. The molecule has 2 N–H and O–H groups in total. The molecule has 1 aromatic carbocycles. The summed E-state index contributed by atoms with van der Waals surface area (Å²) in [5, 5.41) is 4.11. The van der Waals surface area contributed by atoms with Crippen molar-refractivity contribution in [2.75, 3.05) is 25.4 Å². The van der Waals surface area contributed by atoms with Gasteiger partial charge in [-0.3, -0.25) is 4.79 Å². The van der Waals surface area contributed by atoms with Crippen LogP contribution in [0.5, 0.6) is 0 Å². The maximum absolute atomic E-state index is 12.1. The number of rotatable bonds is 6. The first-order valence-electron chi connectivity index (χ1n) is 7.96. The fourth-order valence-electron chi connectivity index (χ4n) is 2.90. The summed E-state index contributed by atoms with van der Waals surface area (Å²) in [5.41, 5.74) is 1.18. The molecule has 6 nitrogen and oxygen atoms in total. The molecule has 0 unspecified atom stereocenters. The van der Waals surface area contributed by atoms with Crippen molar-refractivity contribution < 1.29 is 8.42 Å². The summed E-state index contributed by atoms with van der Waals surface area (Å²) >= 11 is 6.12. The smallest absolute Gasteiger partial charge is 0.215 e. The summed E-state index contributed by atoms with van der Waals surface area (Å²) in [6.45, 7) is 1.96. The molecule has 1 fully saturated rings. The third kappa shape index (κ3) is 3.80. The van der Waals surface area contributed by atoms with E-state index in [0.717, 1.165) is 12.8 Å². The highest BCUT2D eigenvalue weighted by Gasteiger charge is 2.24. The summed E-state index contributed by atoms with van der Waals surface area (Å²) in [4.78, 5) is 15.2. The zero-order valence-corrected chi connectivity index (χ0v) is 14.8. The number of benzene rings is 1. The first-order chi connectivity index (χ1) is 11.5. The third-order valence-corrected chi connectivity index (χ3v) is 6.37. The van der Waals surface area contributed by atoms with Gasteiger partial charge in [0.15, 0.2) is 5.43 Å². The van der Waals surface area contributed by atoms with E-state index in [1.54, 1.807) is 22.5 Å². The topological polar surface area (TPSA) is 82.3 Å². The van der Waals surface area contributed by atoms with Crippen molar-refractivity contribution in [1.82, 2.24) is 14.6 Å². The van der Waals surface area contributed by atoms with Gasteiger partial charge >= 0.3 is 0 Å². The average molecular weight is 370 g/mol. The van der Waals surface area contributed by atoms with E-state index in [0.29, 0.717) is 47.8 Å². The van der Waals surface area contributed by atoms with Crippen LogP contribution in [0.1, 0.15) is 18.5 Å². The van der Waals surface area contributed by atoms with Crippen molar-refractivity contribution in [3.8, 4) is 0 Å². The lowest BCUT2D eigenvalue weighted by atomic mass is 10.2. The van der Waals surface area contributed by atoms with Crippen LogP contribution in [-0.4, -0.2) is 43.1 Å². The van der Waals surface area contributed by atoms with Gasteiger partial charge in [-0.15, -0.1) is 0 Å². The van der Waals surface area contributed by atoms with E-state index < -0.39 is 10.0 Å². The van der Waals surface area contributed by atoms with Crippen LogP contribution in [0.15, 0.2) is 29.1 Å². The van der Waals surface area contributed by atoms with Gasteiger partial charge in [0.05, 0.1) is 16.3 Å². The lowest BCUT2D eigenvalue weighted by Gasteiger charge is -2.15. The van der Waals surface area contributed by atoms with Crippen molar-refractivity contribution in [2.45, 2.75) is 19.4 Å². The fourth-order valence-corrected chi connectivity index (χ4v) is 4.60. The van der Waals surface area contributed by atoms with Crippen LogP contribution in [0, 0.1) is 0 Å². The molecule has 3 rings (SSSR count). The molecule has 2 aromatic rings. The second kappa shape index (κ2) is 7.23. The predicted octanol–water partition coefficient (Wildman–Crippen LogP) is 1.70. The number of H-pyrrole nitrogens is 1. The van der Waals surface area contributed by atoms with Crippen LogP contribution in [-0.2, 0) is 16.6 Å². The fraction of sp³-hybridized carbons (Fsp3) is 0.438. The van der Waals surface area contributed by atoms with Crippen LogP contribution >= 0.6 is 11.6 Å². The molecule has 1 aliphatic heterocycles. The van der Waals surface area contributed by atoms with Gasteiger partial charge in [-0.2, -0.15) is 0 Å². The summed E-state index contributed by atoms with van der Waals surface area (Å²) in [6.07, 6.45) is 1.87. The first kappa shape index (κ1) is 17.4.